The van der Waals surface area contributed by atoms with Crippen LogP contribution < -0.4 is 5.73 Å². The quantitative estimate of drug-likeness (QED) is 0.924. The number of benzene rings is 1. The number of carbonyl (C=O) groups excluding carboxylic acids is 1. The molecule has 2 fully saturated rings. The molecular weight excluding hydrogens is 279 g/mol. The van der Waals surface area contributed by atoms with Gasteiger partial charge in [-0.05, 0) is 73.3 Å². The van der Waals surface area contributed by atoms with Crippen molar-refractivity contribution in [3.05, 3.63) is 41.8 Å². The van der Waals surface area contributed by atoms with Crippen LogP contribution in [0.25, 0.3) is 10.9 Å². The van der Waals surface area contributed by atoms with Crippen molar-refractivity contribution < 1.29 is 9.18 Å². The maximum Gasteiger partial charge on any atom is 0.220 e. The molecule has 3 nitrogen and oxygen atoms in total. The number of fused-ring (bicyclic) bond motifs is 2. The molecule has 2 aliphatic carbocycles. The molecule has 4 rings (SSSR count). The summed E-state index contributed by atoms with van der Waals surface area (Å²) < 4.78 is 13.6. The molecule has 1 heterocycles. The van der Waals surface area contributed by atoms with E-state index in [2.05, 4.69) is 4.98 Å². The molecule has 0 radical (unpaired) electrons. The van der Waals surface area contributed by atoms with Gasteiger partial charge in [-0.3, -0.25) is 9.78 Å². The number of nitrogens with zero attached hydrogens (tertiary/aromatic N) is 1. The summed E-state index contributed by atoms with van der Waals surface area (Å²) in [4.78, 5) is 15.7. The van der Waals surface area contributed by atoms with Crippen LogP contribution in [0.5, 0.6) is 0 Å². The number of rotatable bonds is 2. The van der Waals surface area contributed by atoms with Gasteiger partial charge in [0.1, 0.15) is 5.82 Å². The molecule has 2 aromatic rings. The van der Waals surface area contributed by atoms with Gasteiger partial charge in [-0.25, -0.2) is 4.39 Å². The molecule has 1 aromatic carbocycles. The molecule has 1 amide bonds. The highest BCUT2D eigenvalue weighted by Gasteiger charge is 2.43. The number of aromatic nitrogens is 1. The third-order valence-electron chi connectivity index (χ3n) is 5.60. The van der Waals surface area contributed by atoms with Crippen molar-refractivity contribution in [2.75, 3.05) is 0 Å². The molecular formula is C18H19FN2O. The first-order valence-electron chi connectivity index (χ1n) is 7.95. The largest absolute Gasteiger partial charge is 0.369 e. The monoisotopic (exact) mass is 298 g/mol. The maximum atomic E-state index is 13.6. The van der Waals surface area contributed by atoms with Crippen molar-refractivity contribution in [2.45, 2.75) is 31.6 Å². The molecule has 2 aliphatic rings. The lowest BCUT2D eigenvalue weighted by atomic mass is 9.90. The summed E-state index contributed by atoms with van der Waals surface area (Å²) in [6, 6.07) is 6.82. The van der Waals surface area contributed by atoms with Crippen molar-refractivity contribution in [2.24, 2.45) is 23.5 Å². The number of halogens is 1. The van der Waals surface area contributed by atoms with Crippen molar-refractivity contribution >= 4 is 16.8 Å². The fourth-order valence-corrected chi connectivity index (χ4v) is 4.60. The normalized spacial score (nSPS) is 30.6. The van der Waals surface area contributed by atoms with Gasteiger partial charge in [0.2, 0.25) is 5.91 Å². The average molecular weight is 298 g/mol. The van der Waals surface area contributed by atoms with Crippen molar-refractivity contribution in [3.8, 4) is 0 Å². The lowest BCUT2D eigenvalue weighted by Crippen LogP contribution is -2.21. The Labute approximate surface area is 128 Å². The van der Waals surface area contributed by atoms with Crippen molar-refractivity contribution in [1.82, 2.24) is 4.98 Å². The molecule has 1 aromatic heterocycles. The molecule has 114 valence electrons. The Balaban J connectivity index is 1.63. The van der Waals surface area contributed by atoms with E-state index in [-0.39, 0.29) is 17.6 Å². The van der Waals surface area contributed by atoms with Crippen LogP contribution in [0.1, 0.15) is 37.2 Å². The van der Waals surface area contributed by atoms with Gasteiger partial charge in [0.05, 0.1) is 5.52 Å². The Morgan fingerprint density at radius 1 is 1.14 bits per heavy atom. The molecule has 0 aliphatic heterocycles. The van der Waals surface area contributed by atoms with Crippen LogP contribution >= 0.6 is 0 Å². The summed E-state index contributed by atoms with van der Waals surface area (Å²) in [5.41, 5.74) is 7.50. The van der Waals surface area contributed by atoms with Crippen LogP contribution in [0, 0.1) is 23.6 Å². The molecule has 0 spiro atoms. The van der Waals surface area contributed by atoms with Crippen molar-refractivity contribution in [3.63, 3.8) is 0 Å². The molecule has 2 N–H and O–H groups in total. The Kier molecular flexibility index (Phi) is 3.13. The Hall–Kier alpha value is -1.97. The van der Waals surface area contributed by atoms with Gasteiger partial charge < -0.3 is 5.73 Å². The summed E-state index contributed by atoms with van der Waals surface area (Å²) in [6.07, 6.45) is 5.81. The van der Waals surface area contributed by atoms with E-state index in [4.69, 9.17) is 5.73 Å². The predicted molar refractivity (Wildman–Crippen MR) is 82.6 cm³/mol. The van der Waals surface area contributed by atoms with Crippen LogP contribution in [-0.4, -0.2) is 10.9 Å². The highest BCUT2D eigenvalue weighted by Crippen LogP contribution is 2.53. The molecule has 3 unspecified atom stereocenters. The fraction of sp³-hybridized carbons (Fsp3) is 0.444. The number of nitrogens with two attached hydrogens (primary N) is 1. The zero-order chi connectivity index (χ0) is 15.3. The summed E-state index contributed by atoms with van der Waals surface area (Å²) >= 11 is 0. The van der Waals surface area contributed by atoms with Gasteiger partial charge in [-0.1, -0.05) is 0 Å². The zero-order valence-corrected chi connectivity index (χ0v) is 12.3. The number of hydrogen-bond acceptors (Lipinski definition) is 2. The minimum absolute atomic E-state index is 0.0579. The minimum atomic E-state index is -0.214. The third-order valence-corrected chi connectivity index (χ3v) is 5.60. The molecule has 4 atom stereocenters. The van der Waals surface area contributed by atoms with Crippen molar-refractivity contribution in [1.29, 1.82) is 0 Å². The lowest BCUT2D eigenvalue weighted by molar-refractivity contribution is -0.121. The van der Waals surface area contributed by atoms with E-state index in [9.17, 15) is 9.18 Å². The summed E-state index contributed by atoms with van der Waals surface area (Å²) in [7, 11) is 0. The van der Waals surface area contributed by atoms with E-state index in [1.807, 2.05) is 12.3 Å². The third kappa shape index (κ3) is 2.18. The van der Waals surface area contributed by atoms with Crippen LogP contribution in [0.4, 0.5) is 4.39 Å². The van der Waals surface area contributed by atoms with Gasteiger partial charge in [0, 0.05) is 17.5 Å². The molecule has 4 heteroatoms. The van der Waals surface area contributed by atoms with Gasteiger partial charge in [-0.2, -0.15) is 0 Å². The maximum absolute atomic E-state index is 13.6. The topological polar surface area (TPSA) is 56.0 Å². The SMILES string of the molecule is NC(=O)C1CC2CC(c3ccnc4ccc(F)cc34)C[C@@H]2C1. The fourth-order valence-electron chi connectivity index (χ4n) is 4.60. The summed E-state index contributed by atoms with van der Waals surface area (Å²) in [5, 5.41) is 0.930. The van der Waals surface area contributed by atoms with E-state index in [1.54, 1.807) is 12.1 Å². The second-order valence-electron chi connectivity index (χ2n) is 6.82. The second-order valence-corrected chi connectivity index (χ2v) is 6.82. The van der Waals surface area contributed by atoms with E-state index >= 15 is 0 Å². The second kappa shape index (κ2) is 5.04. The Morgan fingerprint density at radius 3 is 2.55 bits per heavy atom. The first kappa shape index (κ1) is 13.7. The Morgan fingerprint density at radius 2 is 1.86 bits per heavy atom. The van der Waals surface area contributed by atoms with Crippen LogP contribution in [-0.2, 0) is 4.79 Å². The Bertz CT molecular complexity index is 731. The number of carbonyl (C=O) groups is 1. The minimum Gasteiger partial charge on any atom is -0.369 e. The highest BCUT2D eigenvalue weighted by atomic mass is 19.1. The van der Waals surface area contributed by atoms with Gasteiger partial charge >= 0.3 is 0 Å². The van der Waals surface area contributed by atoms with Crippen LogP contribution in [0.3, 0.4) is 0 Å². The summed E-state index contributed by atoms with van der Waals surface area (Å²) in [5.74, 6) is 1.30. The van der Waals surface area contributed by atoms with E-state index < -0.39 is 0 Å². The smallest absolute Gasteiger partial charge is 0.220 e. The van der Waals surface area contributed by atoms with E-state index in [0.717, 1.165) is 36.6 Å². The van der Waals surface area contributed by atoms with Crippen LogP contribution in [0.2, 0.25) is 0 Å². The van der Waals surface area contributed by atoms with Gasteiger partial charge in [0.15, 0.2) is 0 Å². The van der Waals surface area contributed by atoms with Gasteiger partial charge in [0.25, 0.3) is 0 Å². The first-order valence-corrected chi connectivity index (χ1v) is 7.95. The van der Waals surface area contributed by atoms with E-state index in [1.165, 1.54) is 11.6 Å². The number of pyridine rings is 1. The summed E-state index contributed by atoms with van der Waals surface area (Å²) in [6.45, 7) is 0. The molecule has 0 bridgehead atoms. The highest BCUT2D eigenvalue weighted by molar-refractivity contribution is 5.82. The molecule has 22 heavy (non-hydrogen) atoms. The molecule has 2 saturated carbocycles. The number of primary amides is 1. The number of hydrogen-bond donors (Lipinski definition) is 1. The van der Waals surface area contributed by atoms with E-state index in [0.29, 0.717) is 17.8 Å². The van der Waals surface area contributed by atoms with Crippen LogP contribution in [0.15, 0.2) is 30.5 Å². The lowest BCUT2D eigenvalue weighted by Gasteiger charge is -2.15. The predicted octanol–water partition coefficient (Wildman–Crippen LogP) is 3.38. The average Bonchev–Trinajstić information content (AvgIpc) is 3.05. The van der Waals surface area contributed by atoms with Gasteiger partial charge in [-0.15, -0.1) is 0 Å². The first-order chi connectivity index (χ1) is 10.6. The molecule has 0 saturated heterocycles. The standard InChI is InChI=1S/C18H19FN2O/c19-14-1-2-17-16(9-14)15(3-4-21-17)12-5-10-7-13(18(20)22)8-11(10)6-12/h1-4,9-13H,5-8H2,(H2,20,22)/t10-,11?,12?,13?/m1/s1. The zero-order valence-electron chi connectivity index (χ0n) is 12.3. The number of amides is 1.